The molecule has 0 radical (unpaired) electrons. The molecule has 2 aromatic carbocycles. The molecule has 1 N–H and O–H groups in total. The molecule has 144 valence electrons. The molecule has 2 amide bonds. The van der Waals surface area contributed by atoms with Crippen molar-refractivity contribution in [2.75, 3.05) is 38.6 Å². The second kappa shape index (κ2) is 9.11. The lowest BCUT2D eigenvalue weighted by molar-refractivity contribution is 0.211. The van der Waals surface area contributed by atoms with Gasteiger partial charge in [0.25, 0.3) is 0 Å². The molecule has 5 nitrogen and oxygen atoms in total. The van der Waals surface area contributed by atoms with E-state index >= 15 is 0 Å². The van der Waals surface area contributed by atoms with E-state index in [0.29, 0.717) is 11.6 Å². The Bertz CT molecular complexity index is 779. The maximum absolute atomic E-state index is 12.6. The summed E-state index contributed by atoms with van der Waals surface area (Å²) in [6.07, 6.45) is 0.957. The highest BCUT2D eigenvalue weighted by Gasteiger charge is 2.19. The fraction of sp³-hybridized carbons (Fsp3) is 0.381. The van der Waals surface area contributed by atoms with Gasteiger partial charge in [-0.1, -0.05) is 29.8 Å². The third kappa shape index (κ3) is 5.37. The summed E-state index contributed by atoms with van der Waals surface area (Å²) in [5.41, 5.74) is 2.98. The van der Waals surface area contributed by atoms with Gasteiger partial charge in [0.05, 0.1) is 7.11 Å². The first-order valence-electron chi connectivity index (χ1n) is 9.22. The minimum atomic E-state index is -0.0683. The molecule has 27 heavy (non-hydrogen) atoms. The number of methoxy groups -OCH3 is 1. The van der Waals surface area contributed by atoms with Crippen molar-refractivity contribution >= 4 is 23.3 Å². The topological polar surface area (TPSA) is 44.8 Å². The van der Waals surface area contributed by atoms with Gasteiger partial charge in [-0.2, -0.15) is 0 Å². The van der Waals surface area contributed by atoms with E-state index in [4.69, 9.17) is 16.3 Å². The van der Waals surface area contributed by atoms with Crippen LogP contribution >= 0.6 is 11.6 Å². The van der Waals surface area contributed by atoms with Crippen molar-refractivity contribution in [1.82, 2.24) is 9.80 Å². The number of ether oxygens (including phenoxy) is 1. The van der Waals surface area contributed by atoms with E-state index in [1.165, 1.54) is 5.56 Å². The second-order valence-corrected chi connectivity index (χ2v) is 7.27. The van der Waals surface area contributed by atoms with Crippen LogP contribution in [-0.2, 0) is 6.54 Å². The summed E-state index contributed by atoms with van der Waals surface area (Å²) in [7, 11) is 1.67. The van der Waals surface area contributed by atoms with Crippen LogP contribution in [0.3, 0.4) is 0 Å². The highest BCUT2D eigenvalue weighted by Crippen LogP contribution is 2.20. The lowest BCUT2D eigenvalue weighted by Gasteiger charge is -2.22. The average molecular weight is 388 g/mol. The smallest absolute Gasteiger partial charge is 0.321 e. The zero-order valence-corrected chi connectivity index (χ0v) is 16.6. The number of urea groups is 1. The highest BCUT2D eigenvalue weighted by molar-refractivity contribution is 6.31. The molecule has 1 aliphatic heterocycles. The zero-order chi connectivity index (χ0) is 19.2. The second-order valence-electron chi connectivity index (χ2n) is 6.86. The van der Waals surface area contributed by atoms with E-state index in [0.717, 1.165) is 49.6 Å². The molecule has 0 spiro atoms. The van der Waals surface area contributed by atoms with Crippen LogP contribution in [0, 0.1) is 6.92 Å². The maximum Gasteiger partial charge on any atom is 0.321 e. The summed E-state index contributed by atoms with van der Waals surface area (Å²) in [5.74, 6) is 0.869. The quantitative estimate of drug-likeness (QED) is 0.845. The number of aryl methyl sites for hydroxylation is 1. The van der Waals surface area contributed by atoms with Crippen LogP contribution in [-0.4, -0.2) is 49.1 Å². The molecular weight excluding hydrogens is 362 g/mol. The third-order valence-electron chi connectivity index (χ3n) is 4.86. The van der Waals surface area contributed by atoms with E-state index in [1.54, 1.807) is 13.2 Å². The summed E-state index contributed by atoms with van der Waals surface area (Å²) in [5, 5.41) is 3.62. The molecule has 0 atom stereocenters. The van der Waals surface area contributed by atoms with Gasteiger partial charge in [-0.15, -0.1) is 0 Å². The molecule has 0 aliphatic carbocycles. The number of anilines is 1. The van der Waals surface area contributed by atoms with Crippen molar-refractivity contribution in [2.45, 2.75) is 19.9 Å². The molecule has 6 heteroatoms. The summed E-state index contributed by atoms with van der Waals surface area (Å²) in [6, 6.07) is 13.7. The molecule has 3 rings (SSSR count). The molecule has 1 aliphatic rings. The molecule has 2 aromatic rings. The number of nitrogens with zero attached hydrogens (tertiary/aromatic N) is 2. The molecule has 1 fully saturated rings. The number of benzene rings is 2. The summed E-state index contributed by atoms with van der Waals surface area (Å²) < 4.78 is 5.21. The number of hydrogen-bond donors (Lipinski definition) is 1. The van der Waals surface area contributed by atoms with Crippen LogP contribution in [0.2, 0.25) is 5.02 Å². The van der Waals surface area contributed by atoms with Crippen LogP contribution in [0.5, 0.6) is 5.75 Å². The summed E-state index contributed by atoms with van der Waals surface area (Å²) >= 11 is 6.14. The number of carbonyl (C=O) groups is 1. The monoisotopic (exact) mass is 387 g/mol. The van der Waals surface area contributed by atoms with E-state index < -0.39 is 0 Å². The van der Waals surface area contributed by atoms with Gasteiger partial charge in [-0.3, -0.25) is 4.90 Å². The first-order valence-corrected chi connectivity index (χ1v) is 9.60. The molecule has 0 unspecified atom stereocenters. The Morgan fingerprint density at radius 1 is 1.11 bits per heavy atom. The average Bonchev–Trinajstić information content (AvgIpc) is 2.91. The largest absolute Gasteiger partial charge is 0.497 e. The molecule has 1 heterocycles. The SMILES string of the molecule is COc1ccc(CN2CCCN(C(=O)Nc3ccc(C)c(Cl)c3)CC2)cc1. The Labute approximate surface area is 165 Å². The summed E-state index contributed by atoms with van der Waals surface area (Å²) in [4.78, 5) is 16.9. The van der Waals surface area contributed by atoms with Gasteiger partial charge in [-0.05, 0) is 48.7 Å². The van der Waals surface area contributed by atoms with Crippen LogP contribution in [0.1, 0.15) is 17.5 Å². The Morgan fingerprint density at radius 2 is 1.89 bits per heavy atom. The number of hydrogen-bond acceptors (Lipinski definition) is 3. The first-order chi connectivity index (χ1) is 13.0. The van der Waals surface area contributed by atoms with Crippen LogP contribution in [0.15, 0.2) is 42.5 Å². The van der Waals surface area contributed by atoms with Crippen LogP contribution in [0.4, 0.5) is 10.5 Å². The lowest BCUT2D eigenvalue weighted by atomic mass is 10.2. The molecule has 0 aromatic heterocycles. The Morgan fingerprint density at radius 3 is 2.59 bits per heavy atom. The van der Waals surface area contributed by atoms with E-state index in [9.17, 15) is 4.79 Å². The lowest BCUT2D eigenvalue weighted by Crippen LogP contribution is -2.38. The number of halogens is 1. The van der Waals surface area contributed by atoms with Crippen molar-refractivity contribution in [3.05, 3.63) is 58.6 Å². The van der Waals surface area contributed by atoms with Gasteiger partial charge in [0.1, 0.15) is 5.75 Å². The Kier molecular flexibility index (Phi) is 6.58. The van der Waals surface area contributed by atoms with E-state index in [2.05, 4.69) is 22.3 Å². The predicted octanol–water partition coefficient (Wildman–Crippen LogP) is 4.40. The van der Waals surface area contributed by atoms with Crippen molar-refractivity contribution in [3.63, 3.8) is 0 Å². The number of carbonyl (C=O) groups excluding carboxylic acids is 1. The van der Waals surface area contributed by atoms with Crippen LogP contribution < -0.4 is 10.1 Å². The standard InChI is InChI=1S/C21H26ClN3O2/c1-16-4-7-18(14-20(16)22)23-21(26)25-11-3-10-24(12-13-25)15-17-5-8-19(27-2)9-6-17/h4-9,14H,3,10-13,15H2,1-2H3,(H,23,26). The fourth-order valence-corrected chi connectivity index (χ4v) is 3.37. The molecule has 0 saturated carbocycles. The van der Waals surface area contributed by atoms with E-state index in [-0.39, 0.29) is 6.03 Å². The van der Waals surface area contributed by atoms with Crippen molar-refractivity contribution in [1.29, 1.82) is 0 Å². The van der Waals surface area contributed by atoms with Gasteiger partial charge >= 0.3 is 6.03 Å². The van der Waals surface area contributed by atoms with Crippen molar-refractivity contribution in [2.24, 2.45) is 0 Å². The van der Waals surface area contributed by atoms with Gasteiger partial charge in [0.15, 0.2) is 0 Å². The molecular formula is C21H26ClN3O2. The van der Waals surface area contributed by atoms with Gasteiger partial charge in [-0.25, -0.2) is 4.79 Å². The zero-order valence-electron chi connectivity index (χ0n) is 15.9. The molecule has 1 saturated heterocycles. The van der Waals surface area contributed by atoms with Crippen LogP contribution in [0.25, 0.3) is 0 Å². The third-order valence-corrected chi connectivity index (χ3v) is 5.27. The number of rotatable bonds is 4. The van der Waals surface area contributed by atoms with Gasteiger partial charge in [0.2, 0.25) is 0 Å². The van der Waals surface area contributed by atoms with Gasteiger partial charge < -0.3 is 15.0 Å². The Hall–Kier alpha value is -2.24. The minimum Gasteiger partial charge on any atom is -0.497 e. The maximum atomic E-state index is 12.6. The van der Waals surface area contributed by atoms with Crippen molar-refractivity contribution in [3.8, 4) is 5.75 Å². The highest BCUT2D eigenvalue weighted by atomic mass is 35.5. The first kappa shape index (κ1) is 19.5. The number of amides is 2. The minimum absolute atomic E-state index is 0.0683. The Balaban J connectivity index is 1.53. The van der Waals surface area contributed by atoms with Crippen molar-refractivity contribution < 1.29 is 9.53 Å². The predicted molar refractivity (Wildman–Crippen MR) is 110 cm³/mol. The van der Waals surface area contributed by atoms with E-state index in [1.807, 2.05) is 36.1 Å². The van der Waals surface area contributed by atoms with Gasteiger partial charge in [0, 0.05) is 43.4 Å². The molecule has 0 bridgehead atoms. The number of nitrogens with one attached hydrogen (secondary N) is 1. The summed E-state index contributed by atoms with van der Waals surface area (Å²) in [6.45, 7) is 6.12. The fourth-order valence-electron chi connectivity index (χ4n) is 3.19. The normalized spacial score (nSPS) is 15.3.